The van der Waals surface area contributed by atoms with E-state index in [1.54, 1.807) is 12.1 Å². The minimum Gasteiger partial charge on any atom is -0.387 e. The molecule has 3 aromatic carbocycles. The molecule has 0 radical (unpaired) electrons. The van der Waals surface area contributed by atoms with Crippen molar-refractivity contribution in [3.63, 3.8) is 0 Å². The third kappa shape index (κ3) is 3.84. The topological polar surface area (TPSA) is 78.0 Å². The summed E-state index contributed by atoms with van der Waals surface area (Å²) in [6.45, 7) is 0.0863. The first kappa shape index (κ1) is 20.2. The van der Waals surface area contributed by atoms with E-state index in [0.29, 0.717) is 10.7 Å². The number of aliphatic hydroxyl groups excluding tert-OH is 1. The predicted octanol–water partition coefficient (Wildman–Crippen LogP) is 5.50. The fourth-order valence-corrected chi connectivity index (χ4v) is 4.07. The van der Waals surface area contributed by atoms with Crippen LogP contribution >= 0.6 is 11.6 Å². The number of H-pyrrole nitrogens is 1. The molecule has 6 heteroatoms. The van der Waals surface area contributed by atoms with Gasteiger partial charge < -0.3 is 15.4 Å². The molecule has 158 valence electrons. The van der Waals surface area contributed by atoms with E-state index < -0.39 is 6.10 Å². The maximum atomic E-state index is 13.0. The van der Waals surface area contributed by atoms with Crippen molar-refractivity contribution in [2.24, 2.45) is 0 Å². The second kappa shape index (κ2) is 8.46. The summed E-state index contributed by atoms with van der Waals surface area (Å²) in [5.41, 5.74) is 4.28. The Morgan fingerprint density at radius 3 is 2.56 bits per heavy atom. The Kier molecular flexibility index (Phi) is 5.35. The molecule has 5 nitrogen and oxygen atoms in total. The number of hydrogen-bond donors (Lipinski definition) is 3. The first-order valence-electron chi connectivity index (χ1n) is 10.3. The van der Waals surface area contributed by atoms with E-state index in [2.05, 4.69) is 15.3 Å². The minimum atomic E-state index is -0.802. The average molecular weight is 442 g/mol. The molecule has 0 aliphatic carbocycles. The number of hydrogen-bond acceptors (Lipinski definition) is 3. The van der Waals surface area contributed by atoms with Crippen LogP contribution in [0.1, 0.15) is 22.2 Å². The molecule has 0 saturated carbocycles. The van der Waals surface area contributed by atoms with Crippen LogP contribution < -0.4 is 5.32 Å². The number of benzene rings is 3. The molecule has 1 atom stereocenters. The molecule has 2 heterocycles. The third-order valence-corrected chi connectivity index (χ3v) is 5.70. The van der Waals surface area contributed by atoms with Gasteiger partial charge in [0.15, 0.2) is 0 Å². The van der Waals surface area contributed by atoms with E-state index in [-0.39, 0.29) is 18.1 Å². The zero-order valence-electron chi connectivity index (χ0n) is 17.0. The number of rotatable bonds is 5. The fourth-order valence-electron chi connectivity index (χ4n) is 3.88. The van der Waals surface area contributed by atoms with Gasteiger partial charge in [-0.3, -0.25) is 4.79 Å². The van der Waals surface area contributed by atoms with Crippen molar-refractivity contribution in [3.8, 4) is 11.3 Å². The van der Waals surface area contributed by atoms with Crippen LogP contribution in [0.2, 0.25) is 5.02 Å². The quantitative estimate of drug-likeness (QED) is 0.337. The molecule has 0 bridgehead atoms. The van der Waals surface area contributed by atoms with E-state index in [1.165, 1.54) is 0 Å². The highest BCUT2D eigenvalue weighted by Gasteiger charge is 2.18. The number of aliphatic hydroxyl groups is 1. The molecule has 5 aromatic rings. The second-order valence-corrected chi connectivity index (χ2v) is 8.03. The number of carbonyl (C=O) groups is 1. The number of nitrogens with zero attached hydrogens (tertiary/aromatic N) is 1. The molecule has 0 saturated heterocycles. The zero-order chi connectivity index (χ0) is 22.1. The largest absolute Gasteiger partial charge is 0.387 e. The van der Waals surface area contributed by atoms with Crippen LogP contribution in [0, 0.1) is 0 Å². The van der Waals surface area contributed by atoms with Gasteiger partial charge in [-0.15, -0.1) is 0 Å². The summed E-state index contributed by atoms with van der Waals surface area (Å²) in [6, 6.07) is 26.3. The number of carbonyl (C=O) groups excluding carboxylic acids is 1. The lowest BCUT2D eigenvalue weighted by Gasteiger charge is -2.13. The van der Waals surface area contributed by atoms with E-state index in [9.17, 15) is 9.90 Å². The maximum absolute atomic E-state index is 13.0. The smallest absolute Gasteiger partial charge is 0.270 e. The summed E-state index contributed by atoms with van der Waals surface area (Å²) in [6.07, 6.45) is -0.802. The van der Waals surface area contributed by atoms with E-state index in [1.807, 2.05) is 72.8 Å². The number of nitrogens with one attached hydrogen (secondary N) is 2. The highest BCUT2D eigenvalue weighted by Crippen LogP contribution is 2.33. The summed E-state index contributed by atoms with van der Waals surface area (Å²) in [5.74, 6) is -0.351. The monoisotopic (exact) mass is 441 g/mol. The minimum absolute atomic E-state index is 0.0863. The van der Waals surface area contributed by atoms with Gasteiger partial charge in [-0.2, -0.15) is 0 Å². The van der Waals surface area contributed by atoms with Crippen molar-refractivity contribution in [3.05, 3.63) is 101 Å². The van der Waals surface area contributed by atoms with Gasteiger partial charge in [0, 0.05) is 33.4 Å². The van der Waals surface area contributed by atoms with Crippen LogP contribution in [0.3, 0.4) is 0 Å². The van der Waals surface area contributed by atoms with Crippen molar-refractivity contribution in [2.45, 2.75) is 6.10 Å². The molecular weight excluding hydrogens is 422 g/mol. The number of amides is 1. The van der Waals surface area contributed by atoms with Crippen LogP contribution in [-0.4, -0.2) is 27.5 Å². The number of aromatic nitrogens is 2. The molecular formula is C26H20ClN3O2. The second-order valence-electron chi connectivity index (χ2n) is 7.60. The Hall–Kier alpha value is -3.67. The Morgan fingerprint density at radius 2 is 1.75 bits per heavy atom. The highest BCUT2D eigenvalue weighted by molar-refractivity contribution is 6.31. The molecule has 2 aromatic heterocycles. The standard InChI is InChI=1S/C26H20ClN3O2/c27-18-10-6-9-17(13-18)24-25-20(19-11-4-5-12-21(19)29-25)14-22(30-24)26(32)28-15-23(31)16-7-2-1-3-8-16/h1-14,23,29,31H,15H2,(H,28,32)/t23-/m0/s1. The van der Waals surface area contributed by atoms with Gasteiger partial charge in [0.2, 0.25) is 0 Å². The maximum Gasteiger partial charge on any atom is 0.270 e. The summed E-state index contributed by atoms with van der Waals surface area (Å²) < 4.78 is 0. The molecule has 3 N–H and O–H groups in total. The van der Waals surface area contributed by atoms with Gasteiger partial charge in [-0.25, -0.2) is 4.98 Å². The van der Waals surface area contributed by atoms with Gasteiger partial charge in [0.25, 0.3) is 5.91 Å². The number of para-hydroxylation sites is 1. The van der Waals surface area contributed by atoms with Crippen LogP contribution in [-0.2, 0) is 0 Å². The molecule has 0 spiro atoms. The molecule has 0 aliphatic rings. The number of aromatic amines is 1. The van der Waals surface area contributed by atoms with E-state index in [4.69, 9.17) is 11.6 Å². The fraction of sp³-hybridized carbons (Fsp3) is 0.0769. The van der Waals surface area contributed by atoms with Crippen LogP contribution in [0.15, 0.2) is 84.9 Å². The van der Waals surface area contributed by atoms with Crippen molar-refractivity contribution < 1.29 is 9.90 Å². The highest BCUT2D eigenvalue weighted by atomic mass is 35.5. The van der Waals surface area contributed by atoms with Crippen molar-refractivity contribution in [1.29, 1.82) is 0 Å². The Balaban J connectivity index is 1.55. The molecule has 1 amide bonds. The van der Waals surface area contributed by atoms with Crippen LogP contribution in [0.5, 0.6) is 0 Å². The third-order valence-electron chi connectivity index (χ3n) is 5.47. The lowest BCUT2D eigenvalue weighted by Crippen LogP contribution is -2.29. The van der Waals surface area contributed by atoms with Gasteiger partial charge in [-0.05, 0) is 29.8 Å². The number of pyridine rings is 1. The normalized spacial score (nSPS) is 12.2. The molecule has 32 heavy (non-hydrogen) atoms. The molecule has 5 rings (SSSR count). The van der Waals surface area contributed by atoms with Gasteiger partial charge in [0.1, 0.15) is 5.69 Å². The van der Waals surface area contributed by atoms with E-state index in [0.717, 1.165) is 32.9 Å². The lowest BCUT2D eigenvalue weighted by atomic mass is 10.1. The molecule has 0 unspecified atom stereocenters. The van der Waals surface area contributed by atoms with E-state index >= 15 is 0 Å². The lowest BCUT2D eigenvalue weighted by molar-refractivity contribution is 0.0911. The summed E-state index contributed by atoms with van der Waals surface area (Å²) in [4.78, 5) is 21.1. The summed E-state index contributed by atoms with van der Waals surface area (Å²) in [7, 11) is 0. The Morgan fingerprint density at radius 1 is 0.969 bits per heavy atom. The Labute approximate surface area is 189 Å². The first-order chi connectivity index (χ1) is 15.6. The van der Waals surface area contributed by atoms with Gasteiger partial charge in [0.05, 0.1) is 17.3 Å². The predicted molar refractivity (Wildman–Crippen MR) is 128 cm³/mol. The first-order valence-corrected chi connectivity index (χ1v) is 10.7. The van der Waals surface area contributed by atoms with Gasteiger partial charge in [-0.1, -0.05) is 72.3 Å². The van der Waals surface area contributed by atoms with Crippen molar-refractivity contribution in [2.75, 3.05) is 6.54 Å². The van der Waals surface area contributed by atoms with Crippen molar-refractivity contribution >= 4 is 39.3 Å². The van der Waals surface area contributed by atoms with Crippen molar-refractivity contribution in [1.82, 2.24) is 15.3 Å². The number of fused-ring (bicyclic) bond motifs is 3. The molecule has 0 fully saturated rings. The average Bonchev–Trinajstić information content (AvgIpc) is 3.21. The Bertz CT molecular complexity index is 1430. The zero-order valence-corrected chi connectivity index (χ0v) is 17.8. The summed E-state index contributed by atoms with van der Waals surface area (Å²) >= 11 is 6.22. The SMILES string of the molecule is O=C(NC[C@H](O)c1ccccc1)c1cc2c([nH]c3ccccc32)c(-c2cccc(Cl)c2)n1. The summed E-state index contributed by atoms with van der Waals surface area (Å²) in [5, 5.41) is 15.7. The van der Waals surface area contributed by atoms with Gasteiger partial charge >= 0.3 is 0 Å². The number of halogens is 1. The molecule has 0 aliphatic heterocycles. The van der Waals surface area contributed by atoms with Crippen LogP contribution in [0.25, 0.3) is 33.1 Å². The van der Waals surface area contributed by atoms with Crippen LogP contribution in [0.4, 0.5) is 0 Å².